The van der Waals surface area contributed by atoms with E-state index < -0.39 is 0 Å². The molecule has 0 radical (unpaired) electrons. The average Bonchev–Trinajstić information content (AvgIpc) is 2.65. The first-order chi connectivity index (χ1) is 9.49. The molecule has 0 aliphatic heterocycles. The molecule has 0 aliphatic rings. The molecule has 0 spiro atoms. The molecule has 0 fully saturated rings. The van der Waals surface area contributed by atoms with Crippen LogP contribution in [0.15, 0.2) is 24.3 Å². The molecule has 3 N–H and O–H groups in total. The molecule has 0 unspecified atom stereocenters. The maximum absolute atomic E-state index is 12.0. The van der Waals surface area contributed by atoms with Crippen LogP contribution in [0.4, 0.5) is 5.69 Å². The first kappa shape index (κ1) is 14.1. The van der Waals surface area contributed by atoms with Crippen molar-refractivity contribution in [1.82, 2.24) is 15.1 Å². The van der Waals surface area contributed by atoms with E-state index in [1.165, 1.54) is 5.56 Å². The van der Waals surface area contributed by atoms with Gasteiger partial charge >= 0.3 is 0 Å². The number of hydrogen-bond acceptors (Lipinski definition) is 3. The van der Waals surface area contributed by atoms with Crippen LogP contribution in [0.25, 0.3) is 0 Å². The van der Waals surface area contributed by atoms with Crippen LogP contribution in [-0.4, -0.2) is 22.2 Å². The van der Waals surface area contributed by atoms with Gasteiger partial charge in [-0.2, -0.15) is 5.10 Å². The summed E-state index contributed by atoms with van der Waals surface area (Å²) in [6, 6.07) is 6.97. The van der Waals surface area contributed by atoms with E-state index in [-0.39, 0.29) is 5.91 Å². The number of nitrogens with zero attached hydrogens (tertiary/aromatic N) is 2. The van der Waals surface area contributed by atoms with Crippen molar-refractivity contribution in [1.29, 1.82) is 0 Å². The van der Waals surface area contributed by atoms with Gasteiger partial charge in [0.25, 0.3) is 5.91 Å². The first-order valence-electron chi connectivity index (χ1n) is 6.62. The molecule has 1 heterocycles. The normalized spacial score (nSPS) is 10.6. The van der Waals surface area contributed by atoms with Crippen LogP contribution < -0.4 is 11.1 Å². The third kappa shape index (κ3) is 2.99. The van der Waals surface area contributed by atoms with E-state index >= 15 is 0 Å². The third-order valence-corrected chi connectivity index (χ3v) is 3.47. The molecule has 2 rings (SSSR count). The van der Waals surface area contributed by atoms with E-state index in [1.54, 1.807) is 24.3 Å². The monoisotopic (exact) mass is 272 g/mol. The van der Waals surface area contributed by atoms with Crippen molar-refractivity contribution in [3.8, 4) is 0 Å². The Morgan fingerprint density at radius 2 is 2.15 bits per heavy atom. The maximum atomic E-state index is 12.0. The van der Waals surface area contributed by atoms with Gasteiger partial charge in [0, 0.05) is 30.5 Å². The highest BCUT2D eigenvalue weighted by molar-refractivity contribution is 5.94. The zero-order valence-corrected chi connectivity index (χ0v) is 12.1. The molecule has 20 heavy (non-hydrogen) atoms. The van der Waals surface area contributed by atoms with E-state index in [0.717, 1.165) is 17.8 Å². The van der Waals surface area contributed by atoms with E-state index in [9.17, 15) is 4.79 Å². The molecule has 2 aromatic rings. The Kier molecular flexibility index (Phi) is 4.08. The fourth-order valence-electron chi connectivity index (χ4n) is 2.26. The molecule has 1 aromatic carbocycles. The number of amides is 1. The molecular formula is C15H20N4O. The molecule has 106 valence electrons. The molecule has 0 saturated heterocycles. The molecule has 1 amide bonds. The fourth-order valence-corrected chi connectivity index (χ4v) is 2.26. The Balaban J connectivity index is 1.94. The summed E-state index contributed by atoms with van der Waals surface area (Å²) in [5.74, 6) is -0.100. The second-order valence-electron chi connectivity index (χ2n) is 4.90. The van der Waals surface area contributed by atoms with Gasteiger partial charge in [-0.1, -0.05) is 6.07 Å². The summed E-state index contributed by atoms with van der Waals surface area (Å²) in [6.45, 7) is 4.61. The van der Waals surface area contributed by atoms with Gasteiger partial charge < -0.3 is 11.1 Å². The summed E-state index contributed by atoms with van der Waals surface area (Å²) in [7, 11) is 1.93. The molecular weight excluding hydrogens is 252 g/mol. The highest BCUT2D eigenvalue weighted by Gasteiger charge is 2.10. The number of aromatic nitrogens is 2. The number of nitrogen functional groups attached to an aromatic ring is 1. The highest BCUT2D eigenvalue weighted by Crippen LogP contribution is 2.12. The number of anilines is 1. The number of carbonyl (C=O) groups excluding carboxylic acids is 1. The number of aryl methyl sites for hydroxylation is 2. The predicted octanol–water partition coefficient (Wildman–Crippen LogP) is 1.59. The van der Waals surface area contributed by atoms with Gasteiger partial charge in [0.05, 0.1) is 5.69 Å². The Bertz CT molecular complexity index is 631. The molecule has 0 saturated carbocycles. The van der Waals surface area contributed by atoms with E-state index in [4.69, 9.17) is 5.73 Å². The number of nitrogens with one attached hydrogen (secondary N) is 1. The van der Waals surface area contributed by atoms with Gasteiger partial charge in [-0.25, -0.2) is 0 Å². The molecule has 5 nitrogen and oxygen atoms in total. The van der Waals surface area contributed by atoms with Crippen molar-refractivity contribution in [2.24, 2.45) is 7.05 Å². The van der Waals surface area contributed by atoms with Gasteiger partial charge in [0.15, 0.2) is 0 Å². The summed E-state index contributed by atoms with van der Waals surface area (Å²) < 4.78 is 1.87. The van der Waals surface area contributed by atoms with Crippen molar-refractivity contribution in [3.05, 3.63) is 46.8 Å². The fraction of sp³-hybridized carbons (Fsp3) is 0.333. The Hall–Kier alpha value is -2.30. The molecule has 0 atom stereocenters. The Morgan fingerprint density at radius 3 is 2.75 bits per heavy atom. The number of benzene rings is 1. The zero-order valence-electron chi connectivity index (χ0n) is 12.1. The molecule has 0 bridgehead atoms. The highest BCUT2D eigenvalue weighted by atomic mass is 16.1. The van der Waals surface area contributed by atoms with Crippen molar-refractivity contribution >= 4 is 11.6 Å². The third-order valence-electron chi connectivity index (χ3n) is 3.47. The largest absolute Gasteiger partial charge is 0.399 e. The Labute approximate surface area is 118 Å². The quantitative estimate of drug-likeness (QED) is 0.830. The van der Waals surface area contributed by atoms with E-state index in [0.29, 0.717) is 17.8 Å². The van der Waals surface area contributed by atoms with Crippen LogP contribution >= 0.6 is 0 Å². The number of nitrogens with two attached hydrogens (primary N) is 1. The van der Waals surface area contributed by atoms with Gasteiger partial charge in [-0.05, 0) is 44.0 Å². The Morgan fingerprint density at radius 1 is 1.40 bits per heavy atom. The van der Waals surface area contributed by atoms with Gasteiger partial charge in [-0.3, -0.25) is 9.48 Å². The zero-order chi connectivity index (χ0) is 14.7. The second kappa shape index (κ2) is 5.77. The lowest BCUT2D eigenvalue weighted by molar-refractivity contribution is 0.0954. The van der Waals surface area contributed by atoms with Crippen LogP contribution in [0.2, 0.25) is 0 Å². The van der Waals surface area contributed by atoms with Crippen molar-refractivity contribution in [2.45, 2.75) is 20.3 Å². The lowest BCUT2D eigenvalue weighted by Gasteiger charge is -2.06. The first-order valence-corrected chi connectivity index (χ1v) is 6.62. The van der Waals surface area contributed by atoms with Crippen molar-refractivity contribution in [3.63, 3.8) is 0 Å². The summed E-state index contributed by atoms with van der Waals surface area (Å²) in [6.07, 6.45) is 0.777. The molecule has 0 aliphatic carbocycles. The van der Waals surface area contributed by atoms with Crippen LogP contribution in [-0.2, 0) is 13.5 Å². The van der Waals surface area contributed by atoms with E-state index in [2.05, 4.69) is 10.4 Å². The van der Waals surface area contributed by atoms with Gasteiger partial charge in [0.2, 0.25) is 0 Å². The maximum Gasteiger partial charge on any atom is 0.251 e. The lowest BCUT2D eigenvalue weighted by atomic mass is 10.1. The minimum absolute atomic E-state index is 0.100. The van der Waals surface area contributed by atoms with Gasteiger partial charge in [-0.15, -0.1) is 0 Å². The van der Waals surface area contributed by atoms with E-state index in [1.807, 2.05) is 25.6 Å². The number of rotatable bonds is 4. The second-order valence-corrected chi connectivity index (χ2v) is 4.90. The lowest BCUT2D eigenvalue weighted by Crippen LogP contribution is -2.26. The minimum atomic E-state index is -0.100. The van der Waals surface area contributed by atoms with Crippen LogP contribution in [0.5, 0.6) is 0 Å². The van der Waals surface area contributed by atoms with Crippen molar-refractivity contribution in [2.75, 3.05) is 12.3 Å². The van der Waals surface area contributed by atoms with Crippen molar-refractivity contribution < 1.29 is 4.79 Å². The van der Waals surface area contributed by atoms with Gasteiger partial charge in [0.1, 0.15) is 0 Å². The topological polar surface area (TPSA) is 72.9 Å². The van der Waals surface area contributed by atoms with Crippen LogP contribution in [0.3, 0.4) is 0 Å². The average molecular weight is 272 g/mol. The summed E-state index contributed by atoms with van der Waals surface area (Å²) >= 11 is 0. The minimum Gasteiger partial charge on any atom is -0.399 e. The number of hydrogen-bond donors (Lipinski definition) is 2. The van der Waals surface area contributed by atoms with Crippen LogP contribution in [0.1, 0.15) is 27.3 Å². The predicted molar refractivity (Wildman–Crippen MR) is 79.6 cm³/mol. The summed E-state index contributed by atoms with van der Waals surface area (Å²) in [5.41, 5.74) is 10.2. The smallest absolute Gasteiger partial charge is 0.251 e. The standard InChI is InChI=1S/C15H20N4O/c1-10-14(11(2)19(3)18-10)7-8-17-15(20)12-5-4-6-13(16)9-12/h4-6,9H,7-8,16H2,1-3H3,(H,17,20). The number of carbonyl (C=O) groups is 1. The summed E-state index contributed by atoms with van der Waals surface area (Å²) in [4.78, 5) is 12.0. The SMILES string of the molecule is Cc1nn(C)c(C)c1CCNC(=O)c1cccc(N)c1. The molecule has 1 aromatic heterocycles. The molecule has 5 heteroatoms. The summed E-state index contributed by atoms with van der Waals surface area (Å²) in [5, 5.41) is 7.27. The van der Waals surface area contributed by atoms with Crippen LogP contribution in [0, 0.1) is 13.8 Å².